The minimum absolute atomic E-state index is 0.0505. The fraction of sp³-hybridized carbons (Fsp3) is 1.00. The molecule has 0 saturated carbocycles. The van der Waals surface area contributed by atoms with Crippen LogP contribution in [0.15, 0.2) is 0 Å². The van der Waals surface area contributed by atoms with Crippen molar-refractivity contribution in [1.29, 1.82) is 0 Å². The molecule has 0 bridgehead atoms. The second-order valence-electron chi connectivity index (χ2n) is 2.61. The molecule has 0 radical (unpaired) electrons. The van der Waals surface area contributed by atoms with E-state index < -0.39 is 9.84 Å². The molecule has 0 aliphatic carbocycles. The highest BCUT2D eigenvalue weighted by Gasteiger charge is 2.01. The first kappa shape index (κ1) is 11.2. The summed E-state index contributed by atoms with van der Waals surface area (Å²) in [6.45, 7) is 2.99. The fourth-order valence-electron chi connectivity index (χ4n) is 0.559. The van der Waals surface area contributed by atoms with Crippen molar-refractivity contribution < 1.29 is 8.42 Å². The molecule has 0 amide bonds. The first-order valence-electron chi connectivity index (χ1n) is 3.44. The van der Waals surface area contributed by atoms with Crippen molar-refractivity contribution in [1.82, 2.24) is 5.32 Å². The number of hydrogen-bond donors (Lipinski definition) is 1. The monoisotopic (exact) mass is 199 g/mol. The van der Waals surface area contributed by atoms with Gasteiger partial charge in [-0.3, -0.25) is 0 Å². The Bertz CT molecular complexity index is 189. The maximum Gasteiger partial charge on any atom is 0.148 e. The Balaban J connectivity index is 3.30. The number of alkyl halides is 1. The fourth-order valence-corrected chi connectivity index (χ4v) is 1.18. The second kappa shape index (κ2) is 4.95. The van der Waals surface area contributed by atoms with Crippen molar-refractivity contribution in [3.8, 4) is 0 Å². The topological polar surface area (TPSA) is 46.2 Å². The van der Waals surface area contributed by atoms with Gasteiger partial charge in [-0.15, -0.1) is 11.6 Å². The van der Waals surface area contributed by atoms with Crippen LogP contribution in [0.3, 0.4) is 0 Å². The van der Waals surface area contributed by atoms with E-state index >= 15 is 0 Å². The molecule has 68 valence electrons. The molecule has 1 atom stereocenters. The third kappa shape index (κ3) is 10.2. The molecular formula is C6H14ClNO2S. The van der Waals surface area contributed by atoms with Gasteiger partial charge in [0.1, 0.15) is 9.84 Å². The van der Waals surface area contributed by atoms with E-state index in [4.69, 9.17) is 11.6 Å². The van der Waals surface area contributed by atoms with E-state index in [1.165, 1.54) is 6.26 Å². The van der Waals surface area contributed by atoms with Gasteiger partial charge in [-0.1, -0.05) is 0 Å². The zero-order valence-electron chi connectivity index (χ0n) is 6.80. The molecule has 0 spiro atoms. The molecule has 1 N–H and O–H groups in total. The zero-order valence-corrected chi connectivity index (χ0v) is 8.37. The van der Waals surface area contributed by atoms with Crippen LogP contribution < -0.4 is 5.32 Å². The van der Waals surface area contributed by atoms with Crippen LogP contribution in [0.25, 0.3) is 0 Å². The van der Waals surface area contributed by atoms with Crippen molar-refractivity contribution in [2.45, 2.75) is 12.3 Å². The minimum Gasteiger partial charge on any atom is -0.314 e. The molecule has 1 unspecified atom stereocenters. The molecule has 0 aliphatic rings. The van der Waals surface area contributed by atoms with Crippen LogP contribution in [0.2, 0.25) is 0 Å². The Labute approximate surface area is 73.0 Å². The van der Waals surface area contributed by atoms with Crippen LogP contribution in [0, 0.1) is 0 Å². The van der Waals surface area contributed by atoms with Crippen LogP contribution in [-0.2, 0) is 9.84 Å². The maximum absolute atomic E-state index is 10.6. The molecule has 0 aromatic carbocycles. The molecule has 11 heavy (non-hydrogen) atoms. The van der Waals surface area contributed by atoms with Gasteiger partial charge in [-0.25, -0.2) is 8.42 Å². The molecule has 0 fully saturated rings. The molecule has 0 aromatic heterocycles. The van der Waals surface area contributed by atoms with Crippen molar-refractivity contribution >= 4 is 21.4 Å². The van der Waals surface area contributed by atoms with Crippen LogP contribution in [0.5, 0.6) is 0 Å². The number of sulfone groups is 1. The highest BCUT2D eigenvalue weighted by Crippen LogP contribution is 1.89. The molecule has 0 aromatic rings. The summed E-state index contributed by atoms with van der Waals surface area (Å²) < 4.78 is 21.2. The Morgan fingerprint density at radius 1 is 1.55 bits per heavy atom. The van der Waals surface area contributed by atoms with Crippen LogP contribution in [0.1, 0.15) is 6.92 Å². The molecular weight excluding hydrogens is 186 g/mol. The predicted octanol–water partition coefficient (Wildman–Crippen LogP) is 0.248. The van der Waals surface area contributed by atoms with Gasteiger partial charge in [-0.05, 0) is 6.92 Å². The molecule has 0 heterocycles. The maximum atomic E-state index is 10.6. The van der Waals surface area contributed by atoms with Gasteiger partial charge in [0.05, 0.1) is 5.75 Å². The minimum atomic E-state index is -2.83. The Kier molecular flexibility index (Phi) is 5.04. The van der Waals surface area contributed by atoms with Crippen molar-refractivity contribution in [2.75, 3.05) is 25.1 Å². The summed E-state index contributed by atoms with van der Waals surface area (Å²) in [6.07, 6.45) is 1.22. The summed E-state index contributed by atoms with van der Waals surface area (Å²) in [6, 6.07) is 0. The van der Waals surface area contributed by atoms with Crippen LogP contribution in [0.4, 0.5) is 0 Å². The van der Waals surface area contributed by atoms with Crippen molar-refractivity contribution in [2.24, 2.45) is 0 Å². The number of hydrogen-bond acceptors (Lipinski definition) is 3. The first-order valence-corrected chi connectivity index (χ1v) is 5.94. The Morgan fingerprint density at radius 2 is 2.09 bits per heavy atom. The molecule has 5 heteroatoms. The largest absolute Gasteiger partial charge is 0.314 e. The highest BCUT2D eigenvalue weighted by molar-refractivity contribution is 7.90. The lowest BCUT2D eigenvalue weighted by atomic mass is 10.5. The summed E-state index contributed by atoms with van der Waals surface area (Å²) in [5.74, 6) is 0.177. The summed E-state index contributed by atoms with van der Waals surface area (Å²) >= 11 is 5.62. The third-order valence-electron chi connectivity index (χ3n) is 1.08. The van der Waals surface area contributed by atoms with Gasteiger partial charge < -0.3 is 5.32 Å². The highest BCUT2D eigenvalue weighted by atomic mass is 35.5. The number of halogens is 1. The van der Waals surface area contributed by atoms with Gasteiger partial charge in [-0.2, -0.15) is 0 Å². The second-order valence-corrected chi connectivity index (χ2v) is 5.62. The summed E-state index contributed by atoms with van der Waals surface area (Å²) in [5, 5.41) is 2.98. The SMILES string of the molecule is CC(Cl)CNCCS(C)(=O)=O. The van der Waals surface area contributed by atoms with E-state index in [2.05, 4.69) is 5.32 Å². The normalized spacial score (nSPS) is 14.8. The quantitative estimate of drug-likeness (QED) is 0.510. The number of nitrogens with one attached hydrogen (secondary N) is 1. The van der Waals surface area contributed by atoms with E-state index in [0.29, 0.717) is 13.1 Å². The van der Waals surface area contributed by atoms with E-state index in [1.807, 2.05) is 6.92 Å². The summed E-state index contributed by atoms with van der Waals surface area (Å²) in [4.78, 5) is 0. The average Bonchev–Trinajstić information content (AvgIpc) is 1.78. The molecule has 0 saturated heterocycles. The van der Waals surface area contributed by atoms with Crippen molar-refractivity contribution in [3.63, 3.8) is 0 Å². The summed E-state index contributed by atoms with van der Waals surface area (Å²) in [5.41, 5.74) is 0. The zero-order chi connectivity index (χ0) is 8.91. The van der Waals surface area contributed by atoms with E-state index in [-0.39, 0.29) is 11.1 Å². The van der Waals surface area contributed by atoms with E-state index in [9.17, 15) is 8.42 Å². The molecule has 0 rings (SSSR count). The standard InChI is InChI=1S/C6H14ClNO2S/c1-6(7)5-8-3-4-11(2,9)10/h6,8H,3-5H2,1-2H3. The van der Waals surface area contributed by atoms with Gasteiger partial charge in [0.15, 0.2) is 0 Å². The lowest BCUT2D eigenvalue weighted by molar-refractivity contribution is 0.596. The predicted molar refractivity (Wildman–Crippen MR) is 47.9 cm³/mol. The molecule has 3 nitrogen and oxygen atoms in total. The first-order chi connectivity index (χ1) is 4.92. The lowest BCUT2D eigenvalue weighted by Crippen LogP contribution is -2.26. The average molecular weight is 200 g/mol. The van der Waals surface area contributed by atoms with Gasteiger partial charge >= 0.3 is 0 Å². The molecule has 0 aliphatic heterocycles. The van der Waals surface area contributed by atoms with Crippen molar-refractivity contribution in [3.05, 3.63) is 0 Å². The third-order valence-corrected chi connectivity index (χ3v) is 2.18. The summed E-state index contributed by atoms with van der Waals surface area (Å²) in [7, 11) is -2.83. The Morgan fingerprint density at radius 3 is 2.45 bits per heavy atom. The van der Waals surface area contributed by atoms with Crippen LogP contribution >= 0.6 is 11.6 Å². The lowest BCUT2D eigenvalue weighted by Gasteiger charge is -2.04. The van der Waals surface area contributed by atoms with E-state index in [0.717, 1.165) is 0 Å². The van der Waals surface area contributed by atoms with Crippen LogP contribution in [-0.4, -0.2) is 38.9 Å². The Hall–Kier alpha value is 0.200. The van der Waals surface area contributed by atoms with E-state index in [1.54, 1.807) is 0 Å². The van der Waals surface area contributed by atoms with Gasteiger partial charge in [0.25, 0.3) is 0 Å². The van der Waals surface area contributed by atoms with Gasteiger partial charge in [0.2, 0.25) is 0 Å². The number of rotatable bonds is 5. The smallest absolute Gasteiger partial charge is 0.148 e. The van der Waals surface area contributed by atoms with Gasteiger partial charge in [0, 0.05) is 24.7 Å².